The van der Waals surface area contributed by atoms with Crippen molar-refractivity contribution in [2.45, 2.75) is 53.7 Å². The van der Waals surface area contributed by atoms with E-state index in [0.717, 1.165) is 17.3 Å². The quantitative estimate of drug-likeness (QED) is 0.351. The topological polar surface area (TPSA) is 83.8 Å². The minimum Gasteiger partial charge on any atom is -0.444 e. The molecule has 1 rings (SSSR count). The van der Waals surface area contributed by atoms with E-state index in [1.165, 1.54) is 5.56 Å². The molecule has 1 aromatic heterocycles. The van der Waals surface area contributed by atoms with E-state index in [9.17, 15) is 4.79 Å². The first-order valence-electron chi connectivity index (χ1n) is 9.32. The van der Waals surface area contributed by atoms with Crippen LogP contribution in [0.5, 0.6) is 0 Å². The Balaban J connectivity index is 0.00000729. The van der Waals surface area contributed by atoms with Crippen LogP contribution in [0.4, 0.5) is 4.79 Å². The van der Waals surface area contributed by atoms with Crippen molar-refractivity contribution < 1.29 is 9.53 Å². The second kappa shape index (κ2) is 11.5. The summed E-state index contributed by atoms with van der Waals surface area (Å²) in [6, 6.07) is 0. The average molecular weight is 508 g/mol. The van der Waals surface area contributed by atoms with Gasteiger partial charge in [0.15, 0.2) is 5.96 Å². The van der Waals surface area contributed by atoms with Gasteiger partial charge in [0.1, 0.15) is 5.60 Å². The summed E-state index contributed by atoms with van der Waals surface area (Å²) < 4.78 is 7.27. The number of carbonyl (C=O) groups is 1. The summed E-state index contributed by atoms with van der Waals surface area (Å²) >= 11 is 0. The van der Waals surface area contributed by atoms with Crippen LogP contribution >= 0.6 is 24.0 Å². The Bertz CT molecular complexity index is 666. The standard InChI is InChI=1S/C19H36N6O2.HI/c1-13(12-24(8)18(26)27-19(4,5)6)10-21-17(20-7)22-11-16-14(2)23-25(9)15(16)3;/h13H,10-12H2,1-9H3,(H2,20,21,22);1H. The maximum absolute atomic E-state index is 12.1. The van der Waals surface area contributed by atoms with E-state index in [4.69, 9.17) is 4.74 Å². The average Bonchev–Trinajstić information content (AvgIpc) is 2.79. The Morgan fingerprint density at radius 2 is 1.93 bits per heavy atom. The third kappa shape index (κ3) is 8.66. The highest BCUT2D eigenvalue weighted by Gasteiger charge is 2.20. The van der Waals surface area contributed by atoms with E-state index in [1.54, 1.807) is 19.0 Å². The van der Waals surface area contributed by atoms with Crippen LogP contribution in [-0.4, -0.2) is 59.5 Å². The first kappa shape index (κ1) is 26.5. The van der Waals surface area contributed by atoms with Gasteiger partial charge in [0.05, 0.1) is 5.69 Å². The van der Waals surface area contributed by atoms with E-state index >= 15 is 0 Å². The van der Waals surface area contributed by atoms with Crippen molar-refractivity contribution in [3.8, 4) is 0 Å². The lowest BCUT2D eigenvalue weighted by atomic mass is 10.1. The number of halogens is 1. The van der Waals surface area contributed by atoms with Gasteiger partial charge in [-0.3, -0.25) is 9.67 Å². The fourth-order valence-corrected chi connectivity index (χ4v) is 2.68. The molecular formula is C19H37IN6O2. The number of nitrogens with one attached hydrogen (secondary N) is 2. The Morgan fingerprint density at radius 1 is 1.32 bits per heavy atom. The molecule has 2 N–H and O–H groups in total. The number of nitrogens with zero attached hydrogens (tertiary/aromatic N) is 4. The molecular weight excluding hydrogens is 471 g/mol. The number of guanidine groups is 1. The van der Waals surface area contributed by atoms with Gasteiger partial charge < -0.3 is 20.3 Å². The zero-order valence-electron chi connectivity index (χ0n) is 18.7. The lowest BCUT2D eigenvalue weighted by Crippen LogP contribution is -2.42. The van der Waals surface area contributed by atoms with E-state index in [1.807, 2.05) is 39.4 Å². The summed E-state index contributed by atoms with van der Waals surface area (Å²) in [5.74, 6) is 0.965. The molecule has 0 aliphatic rings. The molecule has 0 spiro atoms. The molecule has 0 fully saturated rings. The molecule has 0 aliphatic heterocycles. The number of aryl methyl sites for hydroxylation is 2. The maximum Gasteiger partial charge on any atom is 0.410 e. The molecule has 0 bridgehead atoms. The number of hydrogen-bond donors (Lipinski definition) is 2. The molecule has 9 heteroatoms. The number of amides is 1. The van der Waals surface area contributed by atoms with Crippen molar-refractivity contribution in [2.24, 2.45) is 18.0 Å². The number of carbonyl (C=O) groups excluding carboxylic acids is 1. The third-order valence-corrected chi connectivity index (χ3v) is 4.22. The summed E-state index contributed by atoms with van der Waals surface area (Å²) in [5.41, 5.74) is 2.85. The molecule has 1 heterocycles. The zero-order valence-corrected chi connectivity index (χ0v) is 21.0. The second-order valence-electron chi connectivity index (χ2n) is 8.05. The summed E-state index contributed by atoms with van der Waals surface area (Å²) in [5, 5.41) is 11.1. The molecule has 0 aromatic carbocycles. The predicted octanol–water partition coefficient (Wildman–Crippen LogP) is 2.82. The van der Waals surface area contributed by atoms with Crippen LogP contribution in [0, 0.1) is 19.8 Å². The van der Waals surface area contributed by atoms with Gasteiger partial charge in [0.25, 0.3) is 0 Å². The van der Waals surface area contributed by atoms with E-state index in [0.29, 0.717) is 19.6 Å². The van der Waals surface area contributed by atoms with Crippen LogP contribution < -0.4 is 10.6 Å². The molecule has 8 nitrogen and oxygen atoms in total. The molecule has 1 aromatic rings. The van der Waals surface area contributed by atoms with Gasteiger partial charge in [0, 0.05) is 52.0 Å². The molecule has 1 amide bonds. The molecule has 0 radical (unpaired) electrons. The Morgan fingerprint density at radius 3 is 2.39 bits per heavy atom. The van der Waals surface area contributed by atoms with Crippen LogP contribution in [0.1, 0.15) is 44.6 Å². The summed E-state index contributed by atoms with van der Waals surface area (Å²) in [7, 11) is 5.45. The van der Waals surface area contributed by atoms with Crippen LogP contribution in [-0.2, 0) is 18.3 Å². The monoisotopic (exact) mass is 508 g/mol. The number of ether oxygens (including phenoxy) is 1. The minimum absolute atomic E-state index is 0. The summed E-state index contributed by atoms with van der Waals surface area (Å²) in [4.78, 5) is 17.9. The molecule has 1 atom stereocenters. The van der Waals surface area contributed by atoms with Crippen molar-refractivity contribution >= 4 is 36.0 Å². The number of aromatic nitrogens is 2. The smallest absolute Gasteiger partial charge is 0.410 e. The first-order valence-corrected chi connectivity index (χ1v) is 9.32. The third-order valence-electron chi connectivity index (χ3n) is 4.22. The number of aliphatic imine (C=N–C) groups is 1. The largest absolute Gasteiger partial charge is 0.444 e. The van der Waals surface area contributed by atoms with Crippen LogP contribution in [0.25, 0.3) is 0 Å². The van der Waals surface area contributed by atoms with Crippen molar-refractivity contribution in [1.29, 1.82) is 0 Å². The highest BCUT2D eigenvalue weighted by Crippen LogP contribution is 2.11. The van der Waals surface area contributed by atoms with Gasteiger partial charge in [-0.25, -0.2) is 4.79 Å². The number of hydrogen-bond acceptors (Lipinski definition) is 4. The van der Waals surface area contributed by atoms with Gasteiger partial charge >= 0.3 is 6.09 Å². The fourth-order valence-electron chi connectivity index (χ4n) is 2.68. The van der Waals surface area contributed by atoms with Gasteiger partial charge in [-0.05, 0) is 40.5 Å². The lowest BCUT2D eigenvalue weighted by Gasteiger charge is -2.26. The second-order valence-corrected chi connectivity index (χ2v) is 8.05. The lowest BCUT2D eigenvalue weighted by molar-refractivity contribution is 0.0278. The Kier molecular flexibility index (Phi) is 10.9. The normalized spacial score (nSPS) is 12.8. The SMILES string of the molecule is CN=C(NCc1c(C)nn(C)c1C)NCC(C)CN(C)C(=O)OC(C)(C)C.I. The van der Waals surface area contributed by atoms with Crippen LogP contribution in [0.3, 0.4) is 0 Å². The zero-order chi connectivity index (χ0) is 20.8. The predicted molar refractivity (Wildman–Crippen MR) is 124 cm³/mol. The van der Waals surface area contributed by atoms with Gasteiger partial charge in [-0.1, -0.05) is 6.92 Å². The highest BCUT2D eigenvalue weighted by atomic mass is 127. The van der Waals surface area contributed by atoms with Crippen molar-refractivity contribution in [2.75, 3.05) is 27.2 Å². The molecule has 0 saturated carbocycles. The first-order chi connectivity index (χ1) is 12.4. The van der Waals surface area contributed by atoms with Crippen molar-refractivity contribution in [1.82, 2.24) is 25.3 Å². The van der Waals surface area contributed by atoms with Crippen molar-refractivity contribution in [3.05, 3.63) is 17.0 Å². The van der Waals surface area contributed by atoms with Gasteiger partial charge in [-0.2, -0.15) is 5.10 Å². The Hall–Kier alpha value is -1.52. The van der Waals surface area contributed by atoms with E-state index < -0.39 is 5.60 Å². The molecule has 28 heavy (non-hydrogen) atoms. The maximum atomic E-state index is 12.1. The Labute approximate surface area is 186 Å². The summed E-state index contributed by atoms with van der Waals surface area (Å²) in [6.07, 6.45) is -0.306. The van der Waals surface area contributed by atoms with Crippen molar-refractivity contribution in [3.63, 3.8) is 0 Å². The molecule has 0 saturated heterocycles. The molecule has 1 unspecified atom stereocenters. The molecule has 162 valence electrons. The highest BCUT2D eigenvalue weighted by molar-refractivity contribution is 14.0. The number of rotatable bonds is 6. The molecule has 0 aliphatic carbocycles. The van der Waals surface area contributed by atoms with Gasteiger partial charge in [0.2, 0.25) is 0 Å². The van der Waals surface area contributed by atoms with Crippen LogP contribution in [0.15, 0.2) is 4.99 Å². The minimum atomic E-state index is -0.485. The fraction of sp³-hybridized carbons (Fsp3) is 0.737. The van der Waals surface area contributed by atoms with Crippen LogP contribution in [0.2, 0.25) is 0 Å². The van der Waals surface area contributed by atoms with E-state index in [2.05, 4.69) is 34.6 Å². The van der Waals surface area contributed by atoms with E-state index in [-0.39, 0.29) is 36.0 Å². The summed E-state index contributed by atoms with van der Waals surface area (Å²) in [6.45, 7) is 13.7. The van der Waals surface area contributed by atoms with Gasteiger partial charge in [-0.15, -0.1) is 24.0 Å².